The molecule has 0 saturated heterocycles. The van der Waals surface area contributed by atoms with Crippen molar-refractivity contribution in [3.8, 4) is 0 Å². The van der Waals surface area contributed by atoms with Crippen molar-refractivity contribution in [1.29, 1.82) is 0 Å². The maximum absolute atomic E-state index is 13.7. The van der Waals surface area contributed by atoms with E-state index >= 15 is 0 Å². The van der Waals surface area contributed by atoms with Gasteiger partial charge in [0.25, 0.3) is 5.91 Å². The second kappa shape index (κ2) is 9.93. The molecule has 3 aromatic rings. The zero-order valence-corrected chi connectivity index (χ0v) is 17.9. The van der Waals surface area contributed by atoms with E-state index in [1.165, 1.54) is 18.4 Å². The number of hydrogen-bond donors (Lipinski definition) is 1. The summed E-state index contributed by atoms with van der Waals surface area (Å²) in [6, 6.07) is 15.0. The number of nitrogens with one attached hydrogen (secondary N) is 1. The molecule has 2 amide bonds. The van der Waals surface area contributed by atoms with E-state index in [-0.39, 0.29) is 36.5 Å². The van der Waals surface area contributed by atoms with Crippen LogP contribution in [0, 0.1) is 5.82 Å². The lowest BCUT2D eigenvalue weighted by molar-refractivity contribution is -0.115. The first-order chi connectivity index (χ1) is 14.9. The number of amides is 2. The van der Waals surface area contributed by atoms with Crippen LogP contribution in [0.5, 0.6) is 0 Å². The van der Waals surface area contributed by atoms with E-state index < -0.39 is 0 Å². The van der Waals surface area contributed by atoms with Crippen molar-refractivity contribution >= 4 is 23.2 Å². The Morgan fingerprint density at radius 2 is 1.84 bits per heavy atom. The molecule has 3 rings (SSSR count). The van der Waals surface area contributed by atoms with Crippen molar-refractivity contribution in [3.63, 3.8) is 0 Å². The van der Waals surface area contributed by atoms with Crippen LogP contribution in [-0.4, -0.2) is 30.8 Å². The number of hydrogen-bond acceptors (Lipinski definition) is 4. The van der Waals surface area contributed by atoms with Gasteiger partial charge in [-0.15, -0.1) is 0 Å². The van der Waals surface area contributed by atoms with E-state index in [1.54, 1.807) is 36.1 Å². The van der Waals surface area contributed by atoms with Crippen molar-refractivity contribution in [2.24, 2.45) is 0 Å². The quantitative estimate of drug-likeness (QED) is 0.572. The van der Waals surface area contributed by atoms with Crippen LogP contribution in [0.2, 0.25) is 0 Å². The summed E-state index contributed by atoms with van der Waals surface area (Å²) < 4.78 is 19.0. The zero-order chi connectivity index (χ0) is 22.4. The highest BCUT2D eigenvalue weighted by Gasteiger charge is 2.21. The molecule has 0 fully saturated rings. The molecule has 0 bridgehead atoms. The lowest BCUT2D eigenvalue weighted by Gasteiger charge is -2.26. The molecule has 2 aromatic carbocycles. The Balaban J connectivity index is 1.96. The second-order valence-electron chi connectivity index (χ2n) is 7.41. The van der Waals surface area contributed by atoms with Crippen LogP contribution in [0.1, 0.15) is 35.0 Å². The summed E-state index contributed by atoms with van der Waals surface area (Å²) in [6.07, 6.45) is 1.81. The standard InChI is InChI=1S/C24H26FN3O3/c1-4-23(29)26-20-10-11-21(27(2)3)18(14-20)16-28(24(30)22-9-6-12-31-22)15-17-7-5-8-19(25)13-17/h5-14H,4,15-16H2,1-3H3,(H,26,29). The largest absolute Gasteiger partial charge is 0.459 e. The van der Waals surface area contributed by atoms with Crippen LogP contribution < -0.4 is 10.2 Å². The van der Waals surface area contributed by atoms with Crippen LogP contribution in [0.25, 0.3) is 0 Å². The highest BCUT2D eigenvalue weighted by atomic mass is 19.1. The highest BCUT2D eigenvalue weighted by molar-refractivity contribution is 5.92. The fraction of sp³-hybridized carbons (Fsp3) is 0.250. The van der Waals surface area contributed by atoms with Gasteiger partial charge < -0.3 is 19.5 Å². The van der Waals surface area contributed by atoms with Gasteiger partial charge in [-0.05, 0) is 53.6 Å². The molecule has 0 aliphatic heterocycles. The fourth-order valence-corrected chi connectivity index (χ4v) is 3.29. The molecule has 0 radical (unpaired) electrons. The number of rotatable bonds is 8. The summed E-state index contributed by atoms with van der Waals surface area (Å²) in [5.41, 5.74) is 3.08. The maximum atomic E-state index is 13.7. The molecule has 7 heteroatoms. The molecule has 0 spiro atoms. The zero-order valence-electron chi connectivity index (χ0n) is 17.9. The van der Waals surface area contributed by atoms with Gasteiger partial charge in [0.2, 0.25) is 5.91 Å². The number of nitrogens with zero attached hydrogens (tertiary/aromatic N) is 2. The minimum absolute atomic E-state index is 0.0909. The minimum atomic E-state index is -0.360. The van der Waals surface area contributed by atoms with Gasteiger partial charge in [-0.1, -0.05) is 19.1 Å². The normalized spacial score (nSPS) is 10.6. The average Bonchev–Trinajstić information content (AvgIpc) is 3.27. The number of carbonyl (C=O) groups is 2. The first-order valence-corrected chi connectivity index (χ1v) is 10.0. The summed E-state index contributed by atoms with van der Waals surface area (Å²) in [5.74, 6) is -0.548. The van der Waals surface area contributed by atoms with E-state index in [9.17, 15) is 14.0 Å². The van der Waals surface area contributed by atoms with Crippen molar-refractivity contribution in [2.45, 2.75) is 26.4 Å². The first-order valence-electron chi connectivity index (χ1n) is 10.0. The fourth-order valence-electron chi connectivity index (χ4n) is 3.29. The Kier molecular flexibility index (Phi) is 7.07. The Morgan fingerprint density at radius 1 is 1.03 bits per heavy atom. The number of anilines is 2. The summed E-state index contributed by atoms with van der Waals surface area (Å²) in [5, 5.41) is 2.86. The molecule has 6 nitrogen and oxygen atoms in total. The third-order valence-corrected chi connectivity index (χ3v) is 4.81. The Hall–Kier alpha value is -3.61. The molecule has 0 aliphatic rings. The van der Waals surface area contributed by atoms with Crippen molar-refractivity contribution in [2.75, 3.05) is 24.3 Å². The third-order valence-electron chi connectivity index (χ3n) is 4.81. The van der Waals surface area contributed by atoms with Crippen LogP contribution in [-0.2, 0) is 17.9 Å². The number of furan rings is 1. The lowest BCUT2D eigenvalue weighted by Crippen LogP contribution is -2.30. The number of benzene rings is 2. The van der Waals surface area contributed by atoms with Crippen molar-refractivity contribution in [1.82, 2.24) is 4.90 Å². The molecule has 0 saturated carbocycles. The lowest BCUT2D eigenvalue weighted by atomic mass is 10.1. The van der Waals surface area contributed by atoms with Gasteiger partial charge in [0.05, 0.1) is 6.26 Å². The molecule has 1 N–H and O–H groups in total. The van der Waals surface area contributed by atoms with E-state index in [0.29, 0.717) is 17.7 Å². The molecule has 1 heterocycles. The maximum Gasteiger partial charge on any atom is 0.290 e. The van der Waals surface area contributed by atoms with Gasteiger partial charge in [-0.25, -0.2) is 4.39 Å². The predicted octanol–water partition coefficient (Wildman–Crippen LogP) is 4.68. The SMILES string of the molecule is CCC(=O)Nc1ccc(N(C)C)c(CN(Cc2cccc(F)c2)C(=O)c2ccco2)c1. The van der Waals surface area contributed by atoms with E-state index in [1.807, 2.05) is 37.2 Å². The van der Waals surface area contributed by atoms with Gasteiger partial charge in [0, 0.05) is 45.0 Å². The second-order valence-corrected chi connectivity index (χ2v) is 7.41. The Bertz CT molecular complexity index is 1050. The topological polar surface area (TPSA) is 65.8 Å². The summed E-state index contributed by atoms with van der Waals surface area (Å²) in [4.78, 5) is 28.5. The monoisotopic (exact) mass is 423 g/mol. The van der Waals surface area contributed by atoms with Crippen LogP contribution >= 0.6 is 0 Å². The van der Waals surface area contributed by atoms with Gasteiger partial charge in [-0.2, -0.15) is 0 Å². The minimum Gasteiger partial charge on any atom is -0.459 e. The Labute approximate surface area is 181 Å². The molecule has 31 heavy (non-hydrogen) atoms. The Morgan fingerprint density at radius 3 is 2.48 bits per heavy atom. The van der Waals surface area contributed by atoms with Gasteiger partial charge in [0.1, 0.15) is 5.82 Å². The van der Waals surface area contributed by atoms with Crippen LogP contribution in [0.3, 0.4) is 0 Å². The third kappa shape index (κ3) is 5.72. The summed E-state index contributed by atoms with van der Waals surface area (Å²) >= 11 is 0. The molecule has 0 aliphatic carbocycles. The average molecular weight is 423 g/mol. The van der Waals surface area contributed by atoms with Gasteiger partial charge in [-0.3, -0.25) is 9.59 Å². The summed E-state index contributed by atoms with van der Waals surface area (Å²) in [7, 11) is 3.82. The highest BCUT2D eigenvalue weighted by Crippen LogP contribution is 2.26. The number of halogens is 1. The van der Waals surface area contributed by atoms with Gasteiger partial charge >= 0.3 is 0 Å². The van der Waals surface area contributed by atoms with Crippen molar-refractivity contribution in [3.05, 3.63) is 83.6 Å². The van der Waals surface area contributed by atoms with Gasteiger partial charge in [0.15, 0.2) is 5.76 Å². The van der Waals surface area contributed by atoms with E-state index in [4.69, 9.17) is 4.42 Å². The molecular formula is C24H26FN3O3. The molecule has 162 valence electrons. The molecular weight excluding hydrogens is 397 g/mol. The van der Waals surface area contributed by atoms with Crippen LogP contribution in [0.4, 0.5) is 15.8 Å². The van der Waals surface area contributed by atoms with Crippen LogP contribution in [0.15, 0.2) is 65.3 Å². The first kappa shape index (κ1) is 22.1. The van der Waals surface area contributed by atoms with E-state index in [0.717, 1.165) is 11.3 Å². The van der Waals surface area contributed by atoms with E-state index in [2.05, 4.69) is 5.32 Å². The van der Waals surface area contributed by atoms with Crippen molar-refractivity contribution < 1.29 is 18.4 Å². The number of carbonyl (C=O) groups excluding carboxylic acids is 2. The molecule has 0 atom stereocenters. The summed E-state index contributed by atoms with van der Waals surface area (Å²) in [6.45, 7) is 2.24. The molecule has 1 aromatic heterocycles. The molecule has 0 unspecified atom stereocenters. The predicted molar refractivity (Wildman–Crippen MR) is 118 cm³/mol. The smallest absolute Gasteiger partial charge is 0.290 e.